The van der Waals surface area contributed by atoms with Gasteiger partial charge in [0.15, 0.2) is 0 Å². The van der Waals surface area contributed by atoms with Crippen molar-refractivity contribution in [3.8, 4) is 6.07 Å². The molecule has 130 valence electrons. The normalized spacial score (nSPS) is 17.6. The zero-order valence-corrected chi connectivity index (χ0v) is 15.5. The first-order valence-electron chi connectivity index (χ1n) is 8.29. The molecule has 1 fully saturated rings. The van der Waals surface area contributed by atoms with E-state index in [-0.39, 0.29) is 5.37 Å². The predicted octanol–water partition coefficient (Wildman–Crippen LogP) is 2.68. The Morgan fingerprint density at radius 1 is 1.25 bits per heavy atom. The van der Waals surface area contributed by atoms with Crippen molar-refractivity contribution in [2.75, 3.05) is 42.7 Å². The Balaban J connectivity index is 1.97. The van der Waals surface area contributed by atoms with Gasteiger partial charge in [0.25, 0.3) is 0 Å². The first kappa shape index (κ1) is 18.5. The molecule has 0 radical (unpaired) electrons. The molecular weight excluding hydrogens is 318 g/mol. The maximum absolute atomic E-state index is 9.12. The average Bonchev–Trinajstić information content (AvgIpc) is 2.62. The van der Waals surface area contributed by atoms with E-state index >= 15 is 0 Å². The van der Waals surface area contributed by atoms with Crippen LogP contribution >= 0.6 is 11.8 Å². The lowest BCUT2D eigenvalue weighted by atomic mass is 10.2. The van der Waals surface area contributed by atoms with E-state index in [0.717, 1.165) is 31.9 Å². The Morgan fingerprint density at radius 2 is 1.88 bits per heavy atom. The molecule has 1 aliphatic rings. The summed E-state index contributed by atoms with van der Waals surface area (Å²) in [6.45, 7) is 8.85. The number of anilines is 2. The van der Waals surface area contributed by atoms with E-state index in [1.165, 1.54) is 11.9 Å². The van der Waals surface area contributed by atoms with Crippen LogP contribution < -0.4 is 16.0 Å². The lowest BCUT2D eigenvalue weighted by Gasteiger charge is -2.38. The molecule has 2 rings (SSSR count). The maximum Gasteiger partial charge on any atom is 0.109 e. The fourth-order valence-corrected chi connectivity index (χ4v) is 3.50. The molecular formula is C18H27N5S. The van der Waals surface area contributed by atoms with Crippen LogP contribution in [0.1, 0.15) is 13.8 Å². The summed E-state index contributed by atoms with van der Waals surface area (Å²) in [6.07, 6.45) is 3.33. The van der Waals surface area contributed by atoms with Gasteiger partial charge in [-0.05, 0) is 44.4 Å². The lowest BCUT2D eigenvalue weighted by Crippen LogP contribution is -2.48. The van der Waals surface area contributed by atoms with Crippen LogP contribution in [-0.4, -0.2) is 48.8 Å². The molecule has 5 nitrogen and oxygen atoms in total. The molecule has 0 saturated carbocycles. The molecule has 0 aromatic heterocycles. The molecule has 1 aromatic carbocycles. The molecule has 0 aliphatic carbocycles. The van der Waals surface area contributed by atoms with Gasteiger partial charge in [-0.3, -0.25) is 4.90 Å². The average molecular weight is 346 g/mol. The monoisotopic (exact) mass is 345 g/mol. The van der Waals surface area contributed by atoms with E-state index in [4.69, 9.17) is 11.0 Å². The molecule has 1 unspecified atom stereocenters. The quantitative estimate of drug-likeness (QED) is 0.610. The molecule has 3 N–H and O–H groups in total. The maximum atomic E-state index is 9.12. The third-order valence-electron chi connectivity index (χ3n) is 4.40. The summed E-state index contributed by atoms with van der Waals surface area (Å²) in [5, 5.41) is 12.3. The largest absolute Gasteiger partial charge is 0.404 e. The number of nitrogens with two attached hydrogens (primary N) is 1. The van der Waals surface area contributed by atoms with Gasteiger partial charge in [-0.15, -0.1) is 11.8 Å². The van der Waals surface area contributed by atoms with E-state index < -0.39 is 0 Å². The molecule has 6 heteroatoms. The fourth-order valence-electron chi connectivity index (χ4n) is 2.86. The Labute approximate surface area is 149 Å². The lowest BCUT2D eigenvalue weighted by molar-refractivity contribution is 0.209. The number of hydrogen-bond donors (Lipinski definition) is 2. The van der Waals surface area contributed by atoms with Gasteiger partial charge in [0.05, 0.1) is 11.6 Å². The smallest absolute Gasteiger partial charge is 0.109 e. The van der Waals surface area contributed by atoms with Crippen molar-refractivity contribution in [3.05, 3.63) is 36.0 Å². The molecule has 0 spiro atoms. The molecule has 1 aliphatic heterocycles. The Bertz CT molecular complexity index is 582. The van der Waals surface area contributed by atoms with Gasteiger partial charge >= 0.3 is 0 Å². The van der Waals surface area contributed by atoms with Crippen LogP contribution in [0.4, 0.5) is 11.4 Å². The third kappa shape index (κ3) is 4.59. The highest BCUT2D eigenvalue weighted by atomic mass is 32.2. The van der Waals surface area contributed by atoms with Crippen LogP contribution in [0.3, 0.4) is 0 Å². The summed E-state index contributed by atoms with van der Waals surface area (Å²) >= 11 is 1.56. The van der Waals surface area contributed by atoms with Crippen LogP contribution in [0, 0.1) is 11.3 Å². The van der Waals surface area contributed by atoms with Crippen molar-refractivity contribution >= 4 is 23.1 Å². The summed E-state index contributed by atoms with van der Waals surface area (Å²) in [4.78, 5) is 4.94. The summed E-state index contributed by atoms with van der Waals surface area (Å²) < 4.78 is 0. The fraction of sp³-hybridized carbons (Fsp3) is 0.500. The van der Waals surface area contributed by atoms with E-state index in [0.29, 0.717) is 11.6 Å². The highest BCUT2D eigenvalue weighted by Gasteiger charge is 2.19. The number of nitrogens with zero attached hydrogens (tertiary/aromatic N) is 3. The number of nitrogens with one attached hydrogen (secondary N) is 1. The zero-order valence-electron chi connectivity index (χ0n) is 14.7. The van der Waals surface area contributed by atoms with Gasteiger partial charge in [0, 0.05) is 49.8 Å². The van der Waals surface area contributed by atoms with Crippen LogP contribution in [0.5, 0.6) is 0 Å². The van der Waals surface area contributed by atoms with Crippen molar-refractivity contribution in [2.24, 2.45) is 5.73 Å². The van der Waals surface area contributed by atoms with Crippen LogP contribution in [0.2, 0.25) is 0 Å². The van der Waals surface area contributed by atoms with E-state index in [1.807, 2.05) is 6.26 Å². The summed E-state index contributed by atoms with van der Waals surface area (Å²) in [5.74, 6) is 0. The van der Waals surface area contributed by atoms with Gasteiger partial charge in [-0.1, -0.05) is 0 Å². The molecule has 1 saturated heterocycles. The van der Waals surface area contributed by atoms with Crippen LogP contribution in [-0.2, 0) is 0 Å². The number of hydrogen-bond acceptors (Lipinski definition) is 6. The van der Waals surface area contributed by atoms with Crippen molar-refractivity contribution in [2.45, 2.75) is 25.3 Å². The minimum atomic E-state index is -0.125. The summed E-state index contributed by atoms with van der Waals surface area (Å²) in [5.41, 5.74) is 8.30. The number of nitriles is 1. The highest BCUT2D eigenvalue weighted by Crippen LogP contribution is 2.23. The van der Waals surface area contributed by atoms with Crippen molar-refractivity contribution in [3.63, 3.8) is 0 Å². The zero-order chi connectivity index (χ0) is 17.5. The van der Waals surface area contributed by atoms with Crippen LogP contribution in [0.25, 0.3) is 0 Å². The minimum absolute atomic E-state index is 0.125. The second-order valence-corrected chi connectivity index (χ2v) is 7.10. The summed E-state index contributed by atoms with van der Waals surface area (Å²) in [7, 11) is 0. The SMILES string of the molecule is CSC(Nc1ccc(N2CCN(C(C)C)CC2)cc1)C(C#N)=CN. The van der Waals surface area contributed by atoms with Crippen molar-refractivity contribution in [1.82, 2.24) is 4.90 Å². The Hall–Kier alpha value is -1.84. The molecule has 24 heavy (non-hydrogen) atoms. The highest BCUT2D eigenvalue weighted by molar-refractivity contribution is 7.99. The second-order valence-electron chi connectivity index (χ2n) is 6.16. The first-order valence-corrected chi connectivity index (χ1v) is 9.58. The standard InChI is InChI=1S/C18H27N5S/c1-14(2)22-8-10-23(11-9-22)17-6-4-16(5-7-17)21-18(24-3)15(12-19)13-20/h4-7,12,14,18,21H,8-11,19H2,1-3H3. The van der Waals surface area contributed by atoms with E-state index in [1.54, 1.807) is 11.8 Å². The predicted molar refractivity (Wildman–Crippen MR) is 104 cm³/mol. The van der Waals surface area contributed by atoms with Crippen LogP contribution in [0.15, 0.2) is 36.0 Å². The van der Waals surface area contributed by atoms with Crippen molar-refractivity contribution in [1.29, 1.82) is 5.26 Å². The van der Waals surface area contributed by atoms with Gasteiger partial charge in [0.1, 0.15) is 5.37 Å². The number of thioether (sulfide) groups is 1. The number of rotatable bonds is 6. The third-order valence-corrected chi connectivity index (χ3v) is 5.24. The molecule has 0 bridgehead atoms. The van der Waals surface area contributed by atoms with Gasteiger partial charge in [-0.25, -0.2) is 0 Å². The van der Waals surface area contributed by atoms with Gasteiger partial charge < -0.3 is 16.0 Å². The molecule has 1 aromatic rings. The first-order chi connectivity index (χ1) is 11.6. The van der Waals surface area contributed by atoms with E-state index in [9.17, 15) is 0 Å². The Morgan fingerprint density at radius 3 is 2.33 bits per heavy atom. The van der Waals surface area contributed by atoms with Crippen molar-refractivity contribution < 1.29 is 0 Å². The number of benzene rings is 1. The van der Waals surface area contributed by atoms with Gasteiger partial charge in [-0.2, -0.15) is 5.26 Å². The second kappa shape index (κ2) is 8.86. The topological polar surface area (TPSA) is 68.3 Å². The number of piperazine rings is 1. The van der Waals surface area contributed by atoms with E-state index in [2.05, 4.69) is 59.3 Å². The molecule has 0 amide bonds. The minimum Gasteiger partial charge on any atom is -0.404 e. The molecule has 1 atom stereocenters. The summed E-state index contributed by atoms with van der Waals surface area (Å²) in [6, 6.07) is 11.2. The Kier molecular flexibility index (Phi) is 6.83. The van der Waals surface area contributed by atoms with Gasteiger partial charge in [0.2, 0.25) is 0 Å². The molecule has 1 heterocycles.